The van der Waals surface area contributed by atoms with Crippen LogP contribution in [0.25, 0.3) is 10.9 Å². The summed E-state index contributed by atoms with van der Waals surface area (Å²) < 4.78 is 6.45. The van der Waals surface area contributed by atoms with E-state index in [4.69, 9.17) is 4.74 Å². The normalized spacial score (nSPS) is 10.7. The predicted octanol–water partition coefficient (Wildman–Crippen LogP) is 1.33. The average molecular weight is 326 g/mol. The summed E-state index contributed by atoms with van der Waals surface area (Å²) in [5.41, 5.74) is 1.61. The second kappa shape index (κ2) is 7.51. The van der Waals surface area contributed by atoms with Crippen molar-refractivity contribution in [3.8, 4) is 0 Å². The maximum absolute atomic E-state index is 11.8. The summed E-state index contributed by atoms with van der Waals surface area (Å²) in [5, 5.41) is 11.1. The molecule has 2 aromatic heterocycles. The van der Waals surface area contributed by atoms with Crippen molar-refractivity contribution in [1.82, 2.24) is 25.1 Å². The maximum Gasteiger partial charge on any atom is 0.241 e. The Morgan fingerprint density at radius 3 is 3.04 bits per heavy atom. The van der Waals surface area contributed by atoms with Crippen LogP contribution in [0, 0.1) is 0 Å². The number of ether oxygens (including phenoxy) is 1. The van der Waals surface area contributed by atoms with Gasteiger partial charge in [0.2, 0.25) is 5.91 Å². The van der Waals surface area contributed by atoms with E-state index >= 15 is 0 Å². The van der Waals surface area contributed by atoms with Gasteiger partial charge in [0, 0.05) is 25.2 Å². The summed E-state index contributed by atoms with van der Waals surface area (Å²) in [4.78, 5) is 20.3. The molecule has 0 saturated heterocycles. The van der Waals surface area contributed by atoms with Crippen LogP contribution < -0.4 is 10.6 Å². The molecule has 0 aliphatic carbocycles. The number of aromatic nitrogens is 4. The fourth-order valence-electron chi connectivity index (χ4n) is 2.25. The Hall–Kier alpha value is -3.00. The first-order valence-electron chi connectivity index (χ1n) is 7.51. The van der Waals surface area contributed by atoms with Crippen LogP contribution in [0.2, 0.25) is 0 Å². The summed E-state index contributed by atoms with van der Waals surface area (Å²) >= 11 is 0. The first-order chi connectivity index (χ1) is 11.8. The molecule has 0 unspecified atom stereocenters. The van der Waals surface area contributed by atoms with Gasteiger partial charge in [0.1, 0.15) is 18.7 Å². The number of carbonyl (C=O) groups is 1. The first kappa shape index (κ1) is 15.9. The number of rotatable bonds is 7. The molecule has 0 radical (unpaired) electrons. The molecule has 0 aliphatic heterocycles. The number of nitrogens with one attached hydrogen (secondary N) is 2. The fourth-order valence-corrected chi connectivity index (χ4v) is 2.25. The molecule has 2 heterocycles. The van der Waals surface area contributed by atoms with Crippen LogP contribution in [0.15, 0.2) is 43.0 Å². The van der Waals surface area contributed by atoms with Gasteiger partial charge in [-0.1, -0.05) is 12.1 Å². The van der Waals surface area contributed by atoms with Gasteiger partial charge in [0.25, 0.3) is 0 Å². The molecule has 8 heteroatoms. The van der Waals surface area contributed by atoms with Gasteiger partial charge in [0.05, 0.1) is 24.0 Å². The molecule has 0 fully saturated rings. The molecule has 1 amide bonds. The molecule has 1 aromatic carbocycles. The van der Waals surface area contributed by atoms with Crippen LogP contribution in [-0.4, -0.2) is 45.9 Å². The highest BCUT2D eigenvalue weighted by atomic mass is 16.5. The molecule has 0 aliphatic rings. The van der Waals surface area contributed by atoms with E-state index in [2.05, 4.69) is 25.7 Å². The highest BCUT2D eigenvalue weighted by Crippen LogP contribution is 2.22. The lowest BCUT2D eigenvalue weighted by Crippen LogP contribution is -2.30. The van der Waals surface area contributed by atoms with Crippen molar-refractivity contribution in [3.63, 3.8) is 0 Å². The van der Waals surface area contributed by atoms with Crippen molar-refractivity contribution in [3.05, 3.63) is 43.0 Å². The van der Waals surface area contributed by atoms with Gasteiger partial charge in [-0.25, -0.2) is 9.97 Å². The second-order valence-corrected chi connectivity index (χ2v) is 5.13. The number of hydrogen-bond donors (Lipinski definition) is 2. The lowest BCUT2D eigenvalue weighted by atomic mass is 10.2. The number of methoxy groups -OCH3 is 1. The van der Waals surface area contributed by atoms with Gasteiger partial charge >= 0.3 is 0 Å². The van der Waals surface area contributed by atoms with E-state index in [1.165, 1.54) is 6.33 Å². The Morgan fingerprint density at radius 1 is 1.29 bits per heavy atom. The van der Waals surface area contributed by atoms with E-state index in [0.717, 1.165) is 16.6 Å². The number of amides is 1. The van der Waals surface area contributed by atoms with Crippen LogP contribution in [0.3, 0.4) is 0 Å². The van der Waals surface area contributed by atoms with E-state index in [9.17, 15) is 4.79 Å². The van der Waals surface area contributed by atoms with Gasteiger partial charge in [0.15, 0.2) is 0 Å². The number of hydrogen-bond acceptors (Lipinski definition) is 6. The molecular formula is C16H18N6O2. The van der Waals surface area contributed by atoms with Crippen molar-refractivity contribution in [2.24, 2.45) is 0 Å². The number of para-hydroxylation sites is 1. The van der Waals surface area contributed by atoms with Crippen molar-refractivity contribution < 1.29 is 9.53 Å². The monoisotopic (exact) mass is 326 g/mol. The van der Waals surface area contributed by atoms with E-state index in [1.807, 2.05) is 24.3 Å². The van der Waals surface area contributed by atoms with Crippen molar-refractivity contribution in [1.29, 1.82) is 0 Å². The van der Waals surface area contributed by atoms with Gasteiger partial charge < -0.3 is 15.4 Å². The molecule has 3 rings (SSSR count). The molecule has 0 bridgehead atoms. The molecule has 24 heavy (non-hydrogen) atoms. The number of carbonyl (C=O) groups excluding carboxylic acids is 1. The zero-order valence-corrected chi connectivity index (χ0v) is 13.3. The Balaban J connectivity index is 1.66. The second-order valence-electron chi connectivity index (χ2n) is 5.13. The highest BCUT2D eigenvalue weighted by molar-refractivity contribution is 5.90. The van der Waals surface area contributed by atoms with Crippen molar-refractivity contribution in [2.45, 2.75) is 6.54 Å². The third-order valence-corrected chi connectivity index (χ3v) is 3.37. The van der Waals surface area contributed by atoms with Crippen LogP contribution in [-0.2, 0) is 16.1 Å². The van der Waals surface area contributed by atoms with Gasteiger partial charge in [-0.2, -0.15) is 5.10 Å². The fraction of sp³-hybridized carbons (Fsp3) is 0.250. The summed E-state index contributed by atoms with van der Waals surface area (Å²) in [7, 11) is 1.59. The zero-order chi connectivity index (χ0) is 16.8. The number of nitrogens with zero attached hydrogens (tertiary/aromatic N) is 4. The minimum Gasteiger partial charge on any atom is -0.383 e. The Kier molecular flexibility index (Phi) is 4.97. The summed E-state index contributed by atoms with van der Waals surface area (Å²) in [5.74, 6) is 0.582. The molecule has 0 spiro atoms. The largest absolute Gasteiger partial charge is 0.383 e. The minimum atomic E-state index is -0.116. The third-order valence-electron chi connectivity index (χ3n) is 3.37. The lowest BCUT2D eigenvalue weighted by molar-refractivity contribution is -0.122. The van der Waals surface area contributed by atoms with Crippen LogP contribution in [0.4, 0.5) is 11.5 Å². The molecule has 0 saturated carbocycles. The Bertz CT molecular complexity index is 827. The number of benzene rings is 1. The average Bonchev–Trinajstić information content (AvgIpc) is 3.02. The summed E-state index contributed by atoms with van der Waals surface area (Å²) in [6.45, 7) is 1.11. The topological polar surface area (TPSA) is 94.0 Å². The van der Waals surface area contributed by atoms with E-state index in [1.54, 1.807) is 24.2 Å². The molecule has 2 N–H and O–H groups in total. The van der Waals surface area contributed by atoms with Crippen LogP contribution >= 0.6 is 0 Å². The standard InChI is InChI=1S/C16H18N6O2/c1-24-7-6-17-15(23)10-22-9-12(8-20-22)21-16-13-4-2-3-5-14(13)18-11-19-16/h2-5,8-9,11H,6-7,10H2,1H3,(H,17,23)(H,18,19,21). The van der Waals surface area contributed by atoms with Gasteiger partial charge in [-0.15, -0.1) is 0 Å². The van der Waals surface area contributed by atoms with Crippen molar-refractivity contribution in [2.75, 3.05) is 25.6 Å². The Morgan fingerprint density at radius 2 is 2.17 bits per heavy atom. The molecule has 0 atom stereocenters. The van der Waals surface area contributed by atoms with Crippen LogP contribution in [0.1, 0.15) is 0 Å². The highest BCUT2D eigenvalue weighted by Gasteiger charge is 2.07. The summed E-state index contributed by atoms with van der Waals surface area (Å²) in [6.07, 6.45) is 4.92. The molecular weight excluding hydrogens is 308 g/mol. The quantitative estimate of drug-likeness (QED) is 0.636. The predicted molar refractivity (Wildman–Crippen MR) is 89.9 cm³/mol. The minimum absolute atomic E-state index is 0.116. The zero-order valence-electron chi connectivity index (χ0n) is 13.3. The molecule has 8 nitrogen and oxygen atoms in total. The first-order valence-corrected chi connectivity index (χ1v) is 7.51. The van der Waals surface area contributed by atoms with E-state index in [-0.39, 0.29) is 12.5 Å². The lowest BCUT2D eigenvalue weighted by Gasteiger charge is -2.06. The van der Waals surface area contributed by atoms with E-state index in [0.29, 0.717) is 19.0 Å². The van der Waals surface area contributed by atoms with Crippen molar-refractivity contribution >= 4 is 28.3 Å². The van der Waals surface area contributed by atoms with Crippen LogP contribution in [0.5, 0.6) is 0 Å². The van der Waals surface area contributed by atoms with Gasteiger partial charge in [-0.05, 0) is 12.1 Å². The summed E-state index contributed by atoms with van der Waals surface area (Å²) in [6, 6.07) is 7.74. The van der Waals surface area contributed by atoms with E-state index < -0.39 is 0 Å². The Labute approximate surface area is 138 Å². The maximum atomic E-state index is 11.8. The molecule has 3 aromatic rings. The third kappa shape index (κ3) is 3.85. The SMILES string of the molecule is COCCNC(=O)Cn1cc(Nc2ncnc3ccccc23)cn1. The number of anilines is 2. The number of fused-ring (bicyclic) bond motifs is 1. The van der Waals surface area contributed by atoms with Gasteiger partial charge in [-0.3, -0.25) is 9.48 Å². The smallest absolute Gasteiger partial charge is 0.241 e. The molecule has 124 valence electrons.